The van der Waals surface area contributed by atoms with Crippen LogP contribution in [0.25, 0.3) is 0 Å². The SMILES string of the molecule is Cc1noc(C)c1CN(Cc1cccc(N)c1)Cc1c(C)noc1C. The topological polar surface area (TPSA) is 81.3 Å². The molecule has 3 rings (SSSR count). The van der Waals surface area contributed by atoms with Crippen molar-refractivity contribution in [3.63, 3.8) is 0 Å². The van der Waals surface area contributed by atoms with Gasteiger partial charge in [-0.05, 0) is 45.4 Å². The maximum atomic E-state index is 5.93. The fourth-order valence-corrected chi connectivity index (χ4v) is 3.02. The first-order chi connectivity index (χ1) is 11.9. The third-order valence-corrected chi connectivity index (χ3v) is 4.48. The van der Waals surface area contributed by atoms with E-state index in [2.05, 4.69) is 21.3 Å². The predicted octanol–water partition coefficient (Wildman–Crippen LogP) is 3.68. The van der Waals surface area contributed by atoms with Crippen LogP contribution >= 0.6 is 0 Å². The molecule has 3 aromatic rings. The van der Waals surface area contributed by atoms with Crippen molar-refractivity contribution >= 4 is 5.69 Å². The lowest BCUT2D eigenvalue weighted by Gasteiger charge is -2.22. The number of anilines is 1. The molecule has 0 radical (unpaired) electrons. The molecule has 2 heterocycles. The monoisotopic (exact) mass is 340 g/mol. The van der Waals surface area contributed by atoms with E-state index in [1.807, 2.05) is 45.9 Å². The predicted molar refractivity (Wildman–Crippen MR) is 95.8 cm³/mol. The summed E-state index contributed by atoms with van der Waals surface area (Å²) >= 11 is 0. The van der Waals surface area contributed by atoms with Gasteiger partial charge in [0.2, 0.25) is 0 Å². The Hall–Kier alpha value is -2.60. The first kappa shape index (κ1) is 17.2. The summed E-state index contributed by atoms with van der Waals surface area (Å²) in [6.45, 7) is 10.1. The molecule has 0 aliphatic carbocycles. The summed E-state index contributed by atoms with van der Waals surface area (Å²) in [5.74, 6) is 1.71. The minimum Gasteiger partial charge on any atom is -0.399 e. The number of hydrogen-bond donors (Lipinski definition) is 1. The number of nitrogens with two attached hydrogens (primary N) is 1. The zero-order chi connectivity index (χ0) is 18.0. The van der Waals surface area contributed by atoms with E-state index < -0.39 is 0 Å². The molecule has 0 spiro atoms. The number of nitrogen functional groups attached to an aromatic ring is 1. The molecule has 0 saturated heterocycles. The smallest absolute Gasteiger partial charge is 0.138 e. The normalized spacial score (nSPS) is 11.4. The molecule has 132 valence electrons. The molecule has 0 bridgehead atoms. The Kier molecular flexibility index (Phi) is 4.90. The summed E-state index contributed by atoms with van der Waals surface area (Å²) < 4.78 is 10.6. The average Bonchev–Trinajstić information content (AvgIpc) is 3.05. The van der Waals surface area contributed by atoms with Gasteiger partial charge in [-0.25, -0.2) is 0 Å². The highest BCUT2D eigenvalue weighted by atomic mass is 16.5. The zero-order valence-corrected chi connectivity index (χ0v) is 15.2. The van der Waals surface area contributed by atoms with E-state index in [9.17, 15) is 0 Å². The molecule has 2 N–H and O–H groups in total. The second-order valence-corrected chi connectivity index (χ2v) is 6.50. The lowest BCUT2D eigenvalue weighted by atomic mass is 10.1. The molecular formula is C19H24N4O2. The minimum absolute atomic E-state index is 0.736. The molecule has 0 aliphatic heterocycles. The van der Waals surface area contributed by atoms with E-state index in [4.69, 9.17) is 14.8 Å². The molecule has 0 aliphatic rings. The summed E-state index contributed by atoms with van der Waals surface area (Å²) in [4.78, 5) is 2.33. The van der Waals surface area contributed by atoms with Gasteiger partial charge >= 0.3 is 0 Å². The lowest BCUT2D eigenvalue weighted by molar-refractivity contribution is 0.243. The number of nitrogens with zero attached hydrogens (tertiary/aromatic N) is 3. The van der Waals surface area contributed by atoms with Gasteiger partial charge < -0.3 is 14.8 Å². The van der Waals surface area contributed by atoms with Crippen LogP contribution in [0.5, 0.6) is 0 Å². The Morgan fingerprint density at radius 3 is 1.88 bits per heavy atom. The number of aryl methyl sites for hydroxylation is 4. The van der Waals surface area contributed by atoms with Crippen molar-refractivity contribution < 1.29 is 9.05 Å². The molecule has 0 atom stereocenters. The zero-order valence-electron chi connectivity index (χ0n) is 15.2. The highest BCUT2D eigenvalue weighted by Crippen LogP contribution is 2.22. The standard InChI is InChI=1S/C19H24N4O2/c1-12-18(14(3)24-21-12)10-23(9-16-6-5-7-17(20)8-16)11-19-13(2)22-25-15(19)4/h5-8H,9-11,20H2,1-4H3. The van der Waals surface area contributed by atoms with E-state index in [1.165, 1.54) is 5.56 Å². The van der Waals surface area contributed by atoms with Crippen LogP contribution in [0.4, 0.5) is 5.69 Å². The van der Waals surface area contributed by atoms with Gasteiger partial charge in [-0.3, -0.25) is 4.90 Å². The van der Waals surface area contributed by atoms with E-state index >= 15 is 0 Å². The largest absolute Gasteiger partial charge is 0.399 e. The number of benzene rings is 1. The van der Waals surface area contributed by atoms with E-state index in [1.54, 1.807) is 0 Å². The Morgan fingerprint density at radius 2 is 1.44 bits per heavy atom. The fraction of sp³-hybridized carbons (Fsp3) is 0.368. The second-order valence-electron chi connectivity index (χ2n) is 6.50. The number of rotatable bonds is 6. The molecule has 0 saturated carbocycles. The van der Waals surface area contributed by atoms with Crippen LogP contribution in [-0.4, -0.2) is 15.2 Å². The summed E-state index contributed by atoms with van der Waals surface area (Å²) in [6.07, 6.45) is 0. The maximum absolute atomic E-state index is 5.93. The Bertz CT molecular complexity index is 779. The van der Waals surface area contributed by atoms with E-state index in [0.717, 1.165) is 59.4 Å². The second kappa shape index (κ2) is 7.11. The molecular weight excluding hydrogens is 316 g/mol. The van der Waals surface area contributed by atoms with Gasteiger partial charge in [0.1, 0.15) is 11.5 Å². The summed E-state index contributed by atoms with van der Waals surface area (Å²) in [7, 11) is 0. The Morgan fingerprint density at radius 1 is 0.880 bits per heavy atom. The van der Waals surface area contributed by atoms with E-state index in [-0.39, 0.29) is 0 Å². The summed E-state index contributed by atoms with van der Waals surface area (Å²) in [6, 6.07) is 7.97. The maximum Gasteiger partial charge on any atom is 0.138 e. The van der Waals surface area contributed by atoms with Crippen LogP contribution < -0.4 is 5.73 Å². The van der Waals surface area contributed by atoms with Crippen LogP contribution in [0.3, 0.4) is 0 Å². The molecule has 0 unspecified atom stereocenters. The van der Waals surface area contributed by atoms with Gasteiger partial charge in [0.25, 0.3) is 0 Å². The average molecular weight is 340 g/mol. The highest BCUT2D eigenvalue weighted by Gasteiger charge is 2.18. The van der Waals surface area contributed by atoms with Crippen molar-refractivity contribution in [1.82, 2.24) is 15.2 Å². The third-order valence-electron chi connectivity index (χ3n) is 4.48. The van der Waals surface area contributed by atoms with Gasteiger partial charge in [-0.1, -0.05) is 22.4 Å². The van der Waals surface area contributed by atoms with Gasteiger partial charge in [0.05, 0.1) is 11.4 Å². The van der Waals surface area contributed by atoms with Gasteiger partial charge in [-0.15, -0.1) is 0 Å². The summed E-state index contributed by atoms with van der Waals surface area (Å²) in [5.41, 5.74) is 12.0. The quantitative estimate of drug-likeness (QED) is 0.689. The van der Waals surface area contributed by atoms with Crippen molar-refractivity contribution in [2.24, 2.45) is 0 Å². The van der Waals surface area contributed by atoms with Gasteiger partial charge in [-0.2, -0.15) is 0 Å². The minimum atomic E-state index is 0.736. The van der Waals surface area contributed by atoms with Crippen LogP contribution in [0.2, 0.25) is 0 Å². The van der Waals surface area contributed by atoms with Gasteiger partial charge in [0.15, 0.2) is 0 Å². The van der Waals surface area contributed by atoms with E-state index in [0.29, 0.717) is 0 Å². The highest BCUT2D eigenvalue weighted by molar-refractivity contribution is 5.40. The summed E-state index contributed by atoms with van der Waals surface area (Å²) in [5, 5.41) is 8.14. The van der Waals surface area contributed by atoms with Gasteiger partial charge in [0, 0.05) is 36.4 Å². The van der Waals surface area contributed by atoms with Crippen LogP contribution in [0.1, 0.15) is 39.6 Å². The first-order valence-electron chi connectivity index (χ1n) is 8.34. The van der Waals surface area contributed by atoms with Crippen molar-refractivity contribution in [3.05, 3.63) is 63.9 Å². The van der Waals surface area contributed by atoms with Crippen LogP contribution in [0, 0.1) is 27.7 Å². The molecule has 25 heavy (non-hydrogen) atoms. The number of hydrogen-bond acceptors (Lipinski definition) is 6. The Labute approximate surface area is 147 Å². The third kappa shape index (κ3) is 3.91. The molecule has 2 aromatic heterocycles. The van der Waals surface area contributed by atoms with Crippen molar-refractivity contribution in [1.29, 1.82) is 0 Å². The first-order valence-corrected chi connectivity index (χ1v) is 8.34. The van der Waals surface area contributed by atoms with Crippen molar-refractivity contribution in [3.8, 4) is 0 Å². The molecule has 6 nitrogen and oxygen atoms in total. The van der Waals surface area contributed by atoms with Crippen molar-refractivity contribution in [2.75, 3.05) is 5.73 Å². The molecule has 6 heteroatoms. The van der Waals surface area contributed by atoms with Crippen molar-refractivity contribution in [2.45, 2.75) is 47.3 Å². The lowest BCUT2D eigenvalue weighted by Crippen LogP contribution is -2.23. The Balaban J connectivity index is 1.87. The van der Waals surface area contributed by atoms with Crippen LogP contribution in [0.15, 0.2) is 33.3 Å². The van der Waals surface area contributed by atoms with Crippen LogP contribution in [-0.2, 0) is 19.6 Å². The molecule has 0 amide bonds. The molecule has 0 fully saturated rings. The fourth-order valence-electron chi connectivity index (χ4n) is 3.02. The molecule has 1 aromatic carbocycles. The number of aromatic nitrogens is 2.